The summed E-state index contributed by atoms with van der Waals surface area (Å²) < 4.78 is 2.98. The van der Waals surface area contributed by atoms with Gasteiger partial charge >= 0.3 is 0 Å². The Labute approximate surface area is 148 Å². The summed E-state index contributed by atoms with van der Waals surface area (Å²) in [5.74, 6) is -0.239. The summed E-state index contributed by atoms with van der Waals surface area (Å²) in [4.78, 5) is 12.4. The zero-order valence-corrected chi connectivity index (χ0v) is 14.3. The van der Waals surface area contributed by atoms with Crippen LogP contribution in [0.3, 0.4) is 0 Å². The molecule has 3 aromatic rings. The maximum atomic E-state index is 12.4. The number of hydrogen-bond donors (Lipinski definition) is 1. The fourth-order valence-electron chi connectivity index (χ4n) is 2.19. The van der Waals surface area contributed by atoms with Crippen molar-refractivity contribution in [1.82, 2.24) is 9.99 Å². The quantitative estimate of drug-likeness (QED) is 0.393. The van der Waals surface area contributed by atoms with Gasteiger partial charge in [0.05, 0.1) is 17.5 Å². The monoisotopic (exact) mass is 415 g/mol. The van der Waals surface area contributed by atoms with Gasteiger partial charge in [0.15, 0.2) is 0 Å². The van der Waals surface area contributed by atoms with E-state index in [0.717, 1.165) is 14.8 Å². The number of nitrogens with zero attached hydrogens (tertiary/aromatic N) is 2. The van der Waals surface area contributed by atoms with E-state index in [9.17, 15) is 4.79 Å². The first-order chi connectivity index (χ1) is 11.3. The highest BCUT2D eigenvalue weighted by atomic mass is 127. The van der Waals surface area contributed by atoms with Crippen LogP contribution in [0.4, 0.5) is 0 Å². The van der Waals surface area contributed by atoms with Crippen molar-refractivity contribution >= 4 is 34.7 Å². The zero-order chi connectivity index (χ0) is 16.1. The van der Waals surface area contributed by atoms with Gasteiger partial charge in [0.25, 0.3) is 5.91 Å². The predicted octanol–water partition coefficient (Wildman–Crippen LogP) is 3.85. The van der Waals surface area contributed by atoms with Crippen molar-refractivity contribution in [3.05, 3.63) is 87.8 Å². The topological polar surface area (TPSA) is 46.4 Å². The number of benzene rings is 2. The Morgan fingerprint density at radius 2 is 1.70 bits per heavy atom. The third-order valence-corrected chi connectivity index (χ3v) is 4.29. The second-order valence-electron chi connectivity index (χ2n) is 4.83. The first-order valence-corrected chi connectivity index (χ1v) is 8.14. The molecule has 23 heavy (non-hydrogen) atoms. The summed E-state index contributed by atoms with van der Waals surface area (Å²) >= 11 is 2.23. The van der Waals surface area contributed by atoms with Crippen LogP contribution in [-0.4, -0.2) is 16.7 Å². The van der Waals surface area contributed by atoms with E-state index in [-0.39, 0.29) is 5.91 Å². The molecule has 0 radical (unpaired) electrons. The number of halogens is 1. The van der Waals surface area contributed by atoms with E-state index < -0.39 is 0 Å². The Kier molecular flexibility index (Phi) is 4.87. The summed E-state index contributed by atoms with van der Waals surface area (Å²) in [6.07, 6.45) is 5.46. The normalized spacial score (nSPS) is 10.8. The van der Waals surface area contributed by atoms with Gasteiger partial charge in [-0.15, -0.1) is 0 Å². The van der Waals surface area contributed by atoms with Gasteiger partial charge < -0.3 is 4.57 Å². The molecule has 1 N–H and O–H groups in total. The maximum Gasteiger partial charge on any atom is 0.273 e. The fourth-order valence-corrected chi connectivity index (χ4v) is 2.71. The molecule has 0 bridgehead atoms. The molecule has 5 heteroatoms. The van der Waals surface area contributed by atoms with Crippen LogP contribution in [0.5, 0.6) is 0 Å². The molecule has 3 rings (SSSR count). The second-order valence-corrected chi connectivity index (χ2v) is 5.99. The van der Waals surface area contributed by atoms with E-state index in [2.05, 4.69) is 33.1 Å². The standard InChI is InChI=1S/C18H14IN3O/c19-16-9-3-1-7-14(16)13-20-21-18(23)15-8-2-4-10-17(15)22-11-5-6-12-22/h1-13H,(H,21,23)/b20-13-. The van der Waals surface area contributed by atoms with Crippen molar-refractivity contribution in [1.29, 1.82) is 0 Å². The Balaban J connectivity index is 1.78. The molecule has 1 heterocycles. The number of aromatic nitrogens is 1. The molecule has 0 saturated heterocycles. The molecule has 4 nitrogen and oxygen atoms in total. The largest absolute Gasteiger partial charge is 0.323 e. The number of hydrogen-bond acceptors (Lipinski definition) is 2. The molecule has 1 amide bonds. The SMILES string of the molecule is O=C(N/N=C\c1ccccc1I)c1ccccc1-n1cccc1. The van der Waals surface area contributed by atoms with Crippen LogP contribution < -0.4 is 5.43 Å². The van der Waals surface area contributed by atoms with Crippen molar-refractivity contribution in [3.8, 4) is 5.69 Å². The highest BCUT2D eigenvalue weighted by Gasteiger charge is 2.10. The fraction of sp³-hybridized carbons (Fsp3) is 0. The molecule has 0 saturated carbocycles. The Hall–Kier alpha value is -2.41. The molecule has 0 atom stereocenters. The van der Waals surface area contributed by atoms with Gasteiger partial charge in [-0.3, -0.25) is 4.79 Å². The van der Waals surface area contributed by atoms with Crippen LogP contribution in [0, 0.1) is 3.57 Å². The van der Waals surface area contributed by atoms with E-state index in [1.807, 2.05) is 71.6 Å². The smallest absolute Gasteiger partial charge is 0.273 e. The molecule has 0 fully saturated rings. The van der Waals surface area contributed by atoms with Gasteiger partial charge in [0.2, 0.25) is 0 Å². The summed E-state index contributed by atoms with van der Waals surface area (Å²) in [5.41, 5.74) is 4.95. The minimum absolute atomic E-state index is 0.239. The van der Waals surface area contributed by atoms with Crippen LogP contribution in [0.1, 0.15) is 15.9 Å². The van der Waals surface area contributed by atoms with E-state index in [4.69, 9.17) is 0 Å². The van der Waals surface area contributed by atoms with E-state index >= 15 is 0 Å². The Bertz CT molecular complexity index is 841. The number of hydrazone groups is 1. The van der Waals surface area contributed by atoms with Crippen molar-refractivity contribution in [3.63, 3.8) is 0 Å². The van der Waals surface area contributed by atoms with Crippen LogP contribution in [0.25, 0.3) is 5.69 Å². The van der Waals surface area contributed by atoms with E-state index in [1.165, 1.54) is 0 Å². The maximum absolute atomic E-state index is 12.4. The Morgan fingerprint density at radius 1 is 1.00 bits per heavy atom. The van der Waals surface area contributed by atoms with Gasteiger partial charge in [-0.05, 0) is 52.9 Å². The lowest BCUT2D eigenvalue weighted by Gasteiger charge is -2.09. The highest BCUT2D eigenvalue weighted by Crippen LogP contribution is 2.14. The molecular weight excluding hydrogens is 401 g/mol. The third kappa shape index (κ3) is 3.68. The van der Waals surface area contributed by atoms with Gasteiger partial charge in [-0.25, -0.2) is 5.43 Å². The van der Waals surface area contributed by atoms with Gasteiger partial charge in [-0.2, -0.15) is 5.10 Å². The number of amides is 1. The third-order valence-electron chi connectivity index (χ3n) is 3.31. The molecule has 2 aromatic carbocycles. The average molecular weight is 415 g/mol. The molecule has 114 valence electrons. The number of para-hydroxylation sites is 1. The number of nitrogens with one attached hydrogen (secondary N) is 1. The van der Waals surface area contributed by atoms with E-state index in [0.29, 0.717) is 5.56 Å². The van der Waals surface area contributed by atoms with Crippen molar-refractivity contribution < 1.29 is 4.79 Å². The van der Waals surface area contributed by atoms with Gasteiger partial charge in [-0.1, -0.05) is 30.3 Å². The number of carbonyl (C=O) groups is 1. The predicted molar refractivity (Wildman–Crippen MR) is 100.0 cm³/mol. The minimum atomic E-state index is -0.239. The molecule has 1 aromatic heterocycles. The van der Waals surface area contributed by atoms with Crippen molar-refractivity contribution in [2.24, 2.45) is 5.10 Å². The number of rotatable bonds is 4. The van der Waals surface area contributed by atoms with Gasteiger partial charge in [0, 0.05) is 21.5 Å². The minimum Gasteiger partial charge on any atom is -0.323 e. The second kappa shape index (κ2) is 7.23. The molecule has 0 aliphatic carbocycles. The average Bonchev–Trinajstić information content (AvgIpc) is 3.11. The van der Waals surface area contributed by atoms with Crippen LogP contribution in [-0.2, 0) is 0 Å². The lowest BCUT2D eigenvalue weighted by atomic mass is 10.1. The van der Waals surface area contributed by atoms with E-state index in [1.54, 1.807) is 12.3 Å². The van der Waals surface area contributed by atoms with Crippen LogP contribution >= 0.6 is 22.6 Å². The lowest BCUT2D eigenvalue weighted by Crippen LogP contribution is -2.19. The summed E-state index contributed by atoms with van der Waals surface area (Å²) in [7, 11) is 0. The Morgan fingerprint density at radius 3 is 2.48 bits per heavy atom. The zero-order valence-electron chi connectivity index (χ0n) is 12.2. The first kappa shape index (κ1) is 15.5. The van der Waals surface area contributed by atoms with Crippen LogP contribution in [0.2, 0.25) is 0 Å². The molecule has 0 aliphatic heterocycles. The summed E-state index contributed by atoms with van der Waals surface area (Å²) in [6, 6.07) is 19.1. The molecule has 0 spiro atoms. The van der Waals surface area contributed by atoms with Crippen molar-refractivity contribution in [2.45, 2.75) is 0 Å². The number of carbonyl (C=O) groups excluding carboxylic acids is 1. The molecule has 0 aliphatic rings. The highest BCUT2D eigenvalue weighted by molar-refractivity contribution is 14.1. The first-order valence-electron chi connectivity index (χ1n) is 7.06. The van der Waals surface area contributed by atoms with Crippen molar-refractivity contribution in [2.75, 3.05) is 0 Å². The molecular formula is C18H14IN3O. The lowest BCUT2D eigenvalue weighted by molar-refractivity contribution is 0.0955. The van der Waals surface area contributed by atoms with Gasteiger partial charge in [0.1, 0.15) is 0 Å². The summed E-state index contributed by atoms with van der Waals surface area (Å²) in [6.45, 7) is 0. The molecule has 0 unspecified atom stereocenters. The summed E-state index contributed by atoms with van der Waals surface area (Å²) in [5, 5.41) is 4.06. The van der Waals surface area contributed by atoms with Crippen LogP contribution in [0.15, 0.2) is 78.2 Å².